The lowest BCUT2D eigenvalue weighted by Gasteiger charge is -2.39. The molecule has 3 rings (SSSR count). The molecule has 0 aliphatic carbocycles. The van der Waals surface area contributed by atoms with Gasteiger partial charge in [0.1, 0.15) is 18.1 Å². The summed E-state index contributed by atoms with van der Waals surface area (Å²) in [6.45, 7) is 9.61. The van der Waals surface area contributed by atoms with Gasteiger partial charge in [0.2, 0.25) is 5.91 Å². The number of unbranched alkanes of at least 4 members (excludes halogenated alkanes) is 1. The highest BCUT2D eigenvalue weighted by atomic mass is 16.5. The van der Waals surface area contributed by atoms with Gasteiger partial charge < -0.3 is 44.3 Å². The van der Waals surface area contributed by atoms with Crippen molar-refractivity contribution in [2.75, 3.05) is 78.7 Å². The normalized spacial score (nSPS) is 18.4. The number of rotatable bonds is 20. The lowest BCUT2D eigenvalue weighted by Crippen LogP contribution is -2.51. The molecule has 1 saturated heterocycles. The number of nitrogens with one attached hydrogen (secondary N) is 2. The third kappa shape index (κ3) is 11.3. The Morgan fingerprint density at radius 1 is 0.930 bits per heavy atom. The first kappa shape index (κ1) is 34.6. The number of nitrogens with zero attached hydrogens (tertiary/aromatic N) is 1. The summed E-state index contributed by atoms with van der Waals surface area (Å²) < 4.78 is 29.0. The first-order valence-electron chi connectivity index (χ1n) is 15.5. The van der Waals surface area contributed by atoms with Gasteiger partial charge >= 0.3 is 0 Å². The minimum absolute atomic E-state index is 0.0152. The van der Waals surface area contributed by atoms with Gasteiger partial charge in [-0.25, -0.2) is 0 Å². The summed E-state index contributed by atoms with van der Waals surface area (Å²) in [6.07, 6.45) is 2.27. The molecular formula is C33H51N3O7. The van der Waals surface area contributed by atoms with E-state index in [1.54, 1.807) is 25.2 Å². The summed E-state index contributed by atoms with van der Waals surface area (Å²) >= 11 is 0. The molecule has 43 heavy (non-hydrogen) atoms. The van der Waals surface area contributed by atoms with Crippen LogP contribution in [-0.4, -0.2) is 101 Å². The molecule has 1 heterocycles. The molecule has 10 nitrogen and oxygen atoms in total. The number of benzene rings is 2. The summed E-state index contributed by atoms with van der Waals surface area (Å²) in [6, 6.07) is 13.6. The van der Waals surface area contributed by atoms with Crippen LogP contribution in [0.2, 0.25) is 0 Å². The maximum absolute atomic E-state index is 12.8. The van der Waals surface area contributed by atoms with Gasteiger partial charge in [-0.1, -0.05) is 18.2 Å². The Kier molecular flexibility index (Phi) is 15.6. The highest BCUT2D eigenvalue weighted by Gasteiger charge is 2.36. The number of carbonyl (C=O) groups excluding carboxylic acids is 1. The van der Waals surface area contributed by atoms with Crippen LogP contribution in [0.25, 0.3) is 0 Å². The highest BCUT2D eigenvalue weighted by Crippen LogP contribution is 2.33. The third-order valence-corrected chi connectivity index (χ3v) is 7.67. The number of aromatic hydroxyl groups is 1. The Bertz CT molecular complexity index is 1060. The van der Waals surface area contributed by atoms with E-state index >= 15 is 0 Å². The van der Waals surface area contributed by atoms with Crippen molar-refractivity contribution in [1.29, 1.82) is 0 Å². The monoisotopic (exact) mass is 601 g/mol. The number of carbonyl (C=O) groups is 1. The molecule has 3 atom stereocenters. The second-order valence-corrected chi connectivity index (χ2v) is 10.7. The first-order valence-corrected chi connectivity index (χ1v) is 15.5. The van der Waals surface area contributed by atoms with Crippen molar-refractivity contribution in [1.82, 2.24) is 10.2 Å². The predicted molar refractivity (Wildman–Crippen MR) is 168 cm³/mol. The van der Waals surface area contributed by atoms with Gasteiger partial charge in [-0.05, 0) is 68.5 Å². The van der Waals surface area contributed by atoms with E-state index in [0.717, 1.165) is 42.7 Å². The molecule has 0 saturated carbocycles. The quantitative estimate of drug-likeness (QED) is 0.152. The summed E-state index contributed by atoms with van der Waals surface area (Å²) in [5.74, 6) is 0.908. The van der Waals surface area contributed by atoms with E-state index in [9.17, 15) is 9.90 Å². The lowest BCUT2D eigenvalue weighted by atomic mass is 9.85. The van der Waals surface area contributed by atoms with Crippen LogP contribution in [-0.2, 0) is 30.3 Å². The molecule has 1 aliphatic rings. The third-order valence-electron chi connectivity index (χ3n) is 7.67. The van der Waals surface area contributed by atoms with Crippen molar-refractivity contribution in [2.24, 2.45) is 0 Å². The fourth-order valence-corrected chi connectivity index (χ4v) is 5.24. The van der Waals surface area contributed by atoms with Gasteiger partial charge in [0.15, 0.2) is 0 Å². The van der Waals surface area contributed by atoms with Crippen molar-refractivity contribution < 1.29 is 33.6 Å². The molecule has 2 aromatic rings. The molecule has 240 valence electrons. The van der Waals surface area contributed by atoms with E-state index < -0.39 is 0 Å². The Balaban J connectivity index is 1.72. The van der Waals surface area contributed by atoms with Gasteiger partial charge in [-0.2, -0.15) is 0 Å². The Morgan fingerprint density at radius 3 is 2.30 bits per heavy atom. The lowest BCUT2D eigenvalue weighted by molar-refractivity contribution is -0.140. The molecule has 0 spiro atoms. The zero-order valence-corrected chi connectivity index (χ0v) is 26.3. The van der Waals surface area contributed by atoms with Crippen LogP contribution in [0.4, 0.5) is 5.69 Å². The molecular weight excluding hydrogens is 550 g/mol. The predicted octanol–water partition coefficient (Wildman–Crippen LogP) is 4.17. The fourth-order valence-electron chi connectivity index (χ4n) is 5.24. The van der Waals surface area contributed by atoms with Gasteiger partial charge in [0, 0.05) is 66.1 Å². The average Bonchev–Trinajstić information content (AvgIpc) is 3.03. The molecule has 10 heteroatoms. The van der Waals surface area contributed by atoms with Crippen molar-refractivity contribution in [3.63, 3.8) is 0 Å². The summed E-state index contributed by atoms with van der Waals surface area (Å²) in [4.78, 5) is 14.5. The summed E-state index contributed by atoms with van der Waals surface area (Å²) in [5, 5.41) is 17.0. The van der Waals surface area contributed by atoms with Gasteiger partial charge in [-0.3, -0.25) is 4.79 Å². The minimum Gasteiger partial charge on any atom is -0.506 e. The van der Waals surface area contributed by atoms with Crippen molar-refractivity contribution in [3.8, 4) is 11.5 Å². The number of likely N-dealkylation sites (N-methyl/N-ethyl adjacent to an activating group) is 1. The van der Waals surface area contributed by atoms with Crippen LogP contribution < -0.4 is 15.4 Å². The topological polar surface area (TPSA) is 111 Å². The van der Waals surface area contributed by atoms with Gasteiger partial charge in [-0.15, -0.1) is 0 Å². The summed E-state index contributed by atoms with van der Waals surface area (Å²) in [7, 11) is 3.38. The van der Waals surface area contributed by atoms with E-state index in [1.807, 2.05) is 38.1 Å². The number of hydrogen-bond acceptors (Lipinski definition) is 9. The van der Waals surface area contributed by atoms with Crippen LogP contribution in [0, 0.1) is 0 Å². The van der Waals surface area contributed by atoms with Crippen molar-refractivity contribution in [3.05, 3.63) is 53.6 Å². The largest absolute Gasteiger partial charge is 0.506 e. The van der Waals surface area contributed by atoms with Crippen LogP contribution >= 0.6 is 0 Å². The molecule has 1 fully saturated rings. The molecule has 2 aromatic carbocycles. The maximum atomic E-state index is 12.8. The standard InChI is InChI=1S/C33H51N3O7/c1-5-36(6-2)32(38)24-43-31-22-34-21-30(33(31)26-11-13-27(14-12-26)41-19-8-7-17-39-3)42-23-25-10-15-29(37)28(20-25)35-16-9-18-40-4/h10-15,20,30-31,33-35,37H,5-9,16-19,21-24H2,1-4H3/t30-,31+,33+/m0/s1. The van der Waals surface area contributed by atoms with Crippen LogP contribution in [0.5, 0.6) is 11.5 Å². The number of phenolic OH excluding ortho intramolecular Hbond substituents is 1. The average molecular weight is 602 g/mol. The maximum Gasteiger partial charge on any atom is 0.248 e. The highest BCUT2D eigenvalue weighted by molar-refractivity contribution is 5.77. The number of amides is 1. The molecule has 0 radical (unpaired) electrons. The molecule has 0 unspecified atom stereocenters. The zero-order valence-electron chi connectivity index (χ0n) is 26.3. The fraction of sp³-hybridized carbons (Fsp3) is 0.606. The molecule has 3 N–H and O–H groups in total. The van der Waals surface area contributed by atoms with E-state index in [2.05, 4.69) is 22.8 Å². The van der Waals surface area contributed by atoms with E-state index in [4.69, 9.17) is 23.7 Å². The Hall–Kier alpha value is -2.89. The van der Waals surface area contributed by atoms with Crippen LogP contribution in [0.15, 0.2) is 42.5 Å². The zero-order chi connectivity index (χ0) is 30.9. The molecule has 0 bridgehead atoms. The first-order chi connectivity index (χ1) is 21.0. The number of methoxy groups -OCH3 is 2. The second kappa shape index (κ2) is 19.4. The van der Waals surface area contributed by atoms with Crippen molar-refractivity contribution >= 4 is 11.6 Å². The number of phenols is 1. The van der Waals surface area contributed by atoms with Crippen molar-refractivity contribution in [2.45, 2.75) is 57.8 Å². The van der Waals surface area contributed by atoms with Gasteiger partial charge in [0.05, 0.1) is 31.1 Å². The smallest absolute Gasteiger partial charge is 0.248 e. The van der Waals surface area contributed by atoms with E-state index in [-0.39, 0.29) is 36.4 Å². The summed E-state index contributed by atoms with van der Waals surface area (Å²) in [5.41, 5.74) is 2.69. The Morgan fingerprint density at radius 2 is 1.60 bits per heavy atom. The van der Waals surface area contributed by atoms with Gasteiger partial charge in [0.25, 0.3) is 0 Å². The minimum atomic E-state index is -0.253. The number of anilines is 1. The molecule has 1 amide bonds. The van der Waals surface area contributed by atoms with E-state index in [0.29, 0.717) is 58.2 Å². The SMILES string of the molecule is CCN(CC)C(=O)CO[C@@H]1CNC[C@H](OCc2ccc(O)c(NCCCOC)c2)[C@H]1c1ccc(OCCCCOC)cc1. The van der Waals surface area contributed by atoms with Crippen LogP contribution in [0.3, 0.4) is 0 Å². The van der Waals surface area contributed by atoms with E-state index in [1.165, 1.54) is 0 Å². The molecule has 0 aromatic heterocycles. The number of hydrogen-bond donors (Lipinski definition) is 3. The van der Waals surface area contributed by atoms with Crippen LogP contribution in [0.1, 0.15) is 50.2 Å². The number of ether oxygens (including phenoxy) is 5. The second-order valence-electron chi connectivity index (χ2n) is 10.7. The Labute approximate surface area is 257 Å². The molecule has 1 aliphatic heterocycles. The number of piperidine rings is 1.